The molecule has 1 aromatic carbocycles. The van der Waals surface area contributed by atoms with Gasteiger partial charge in [-0.15, -0.1) is 0 Å². The minimum absolute atomic E-state index is 0.0609. The Morgan fingerprint density at radius 3 is 2.81 bits per heavy atom. The molecule has 0 saturated carbocycles. The molecule has 1 saturated heterocycles. The molecule has 1 aromatic heterocycles. The van der Waals surface area contributed by atoms with Gasteiger partial charge in [-0.3, -0.25) is 4.90 Å². The highest BCUT2D eigenvalue weighted by atomic mass is 16.3. The van der Waals surface area contributed by atoms with E-state index in [0.29, 0.717) is 32.0 Å². The first-order chi connectivity index (χ1) is 13.0. The van der Waals surface area contributed by atoms with E-state index in [9.17, 15) is 9.90 Å². The third-order valence-corrected chi connectivity index (χ3v) is 5.23. The number of aromatic nitrogens is 2. The first kappa shape index (κ1) is 19.6. The number of imidazole rings is 1. The molecule has 0 spiro atoms. The molecule has 1 atom stereocenters. The Balaban J connectivity index is 1.59. The first-order valence-corrected chi connectivity index (χ1v) is 9.77. The van der Waals surface area contributed by atoms with Gasteiger partial charge in [0, 0.05) is 45.9 Å². The number of aliphatic hydroxyl groups is 1. The predicted molar refractivity (Wildman–Crippen MR) is 106 cm³/mol. The Bertz CT molecular complexity index is 773. The van der Waals surface area contributed by atoms with Gasteiger partial charge in [0.05, 0.1) is 17.6 Å². The van der Waals surface area contributed by atoms with E-state index in [1.165, 1.54) is 0 Å². The SMILES string of the molecule is CC(C)CN1CCN(C(=O)NCc2nc3ccccc3n2C)C[C@@H]1CCO. The fourth-order valence-corrected chi connectivity index (χ4v) is 3.83. The summed E-state index contributed by atoms with van der Waals surface area (Å²) in [7, 11) is 1.97. The Kier molecular flexibility index (Phi) is 6.34. The number of benzene rings is 1. The van der Waals surface area contributed by atoms with Crippen LogP contribution in [0.15, 0.2) is 24.3 Å². The molecular weight excluding hydrogens is 342 g/mol. The lowest BCUT2D eigenvalue weighted by atomic mass is 10.1. The lowest BCUT2D eigenvalue weighted by Crippen LogP contribution is -2.57. The number of hydrogen-bond acceptors (Lipinski definition) is 4. The highest BCUT2D eigenvalue weighted by Crippen LogP contribution is 2.16. The lowest BCUT2D eigenvalue weighted by molar-refractivity contribution is 0.0654. The maximum Gasteiger partial charge on any atom is 0.317 e. The second kappa shape index (κ2) is 8.71. The summed E-state index contributed by atoms with van der Waals surface area (Å²) in [6, 6.07) is 8.12. The molecule has 2 heterocycles. The molecule has 148 valence electrons. The van der Waals surface area contributed by atoms with Crippen LogP contribution in [0.25, 0.3) is 11.0 Å². The number of para-hydroxylation sites is 2. The number of rotatable bonds is 6. The topological polar surface area (TPSA) is 73.6 Å². The first-order valence-electron chi connectivity index (χ1n) is 9.77. The standard InChI is InChI=1S/C20H31N5O2/c1-15(2)13-24-9-10-25(14-16(24)8-11-26)20(27)21-12-19-22-17-6-4-5-7-18(17)23(19)3/h4-7,15-16,26H,8-14H2,1-3H3,(H,21,27)/t16-/m0/s1. The van der Waals surface area contributed by atoms with Gasteiger partial charge in [0.15, 0.2) is 0 Å². The maximum atomic E-state index is 12.7. The quantitative estimate of drug-likeness (QED) is 0.810. The lowest BCUT2D eigenvalue weighted by Gasteiger charge is -2.42. The molecule has 1 fully saturated rings. The molecule has 1 aliphatic heterocycles. The number of urea groups is 1. The van der Waals surface area contributed by atoms with Crippen molar-refractivity contribution in [3.05, 3.63) is 30.1 Å². The molecule has 0 bridgehead atoms. The van der Waals surface area contributed by atoms with Crippen LogP contribution >= 0.6 is 0 Å². The van der Waals surface area contributed by atoms with E-state index in [0.717, 1.165) is 29.9 Å². The number of hydrogen-bond donors (Lipinski definition) is 2. The molecule has 0 unspecified atom stereocenters. The van der Waals surface area contributed by atoms with Gasteiger partial charge >= 0.3 is 6.03 Å². The normalized spacial score (nSPS) is 18.4. The number of nitrogens with one attached hydrogen (secondary N) is 1. The minimum Gasteiger partial charge on any atom is -0.396 e. The summed E-state index contributed by atoms with van der Waals surface area (Å²) in [4.78, 5) is 21.5. The van der Waals surface area contributed by atoms with Gasteiger partial charge in [0.2, 0.25) is 0 Å². The summed E-state index contributed by atoms with van der Waals surface area (Å²) in [5, 5.41) is 12.4. The van der Waals surface area contributed by atoms with Crippen molar-refractivity contribution in [3.63, 3.8) is 0 Å². The van der Waals surface area contributed by atoms with E-state index in [1.807, 2.05) is 40.8 Å². The number of fused-ring (bicyclic) bond motifs is 1. The molecule has 2 N–H and O–H groups in total. The molecule has 27 heavy (non-hydrogen) atoms. The number of aryl methyl sites for hydroxylation is 1. The number of piperazine rings is 1. The highest BCUT2D eigenvalue weighted by molar-refractivity contribution is 5.76. The maximum absolute atomic E-state index is 12.7. The summed E-state index contributed by atoms with van der Waals surface area (Å²) < 4.78 is 2.02. The summed E-state index contributed by atoms with van der Waals surface area (Å²) in [5.41, 5.74) is 2.00. The summed E-state index contributed by atoms with van der Waals surface area (Å²) in [6.07, 6.45) is 0.696. The fraction of sp³-hybridized carbons (Fsp3) is 0.600. The Morgan fingerprint density at radius 2 is 2.11 bits per heavy atom. The third-order valence-electron chi connectivity index (χ3n) is 5.23. The van der Waals surface area contributed by atoms with E-state index in [1.54, 1.807) is 0 Å². The zero-order valence-corrected chi connectivity index (χ0v) is 16.6. The molecule has 0 aliphatic carbocycles. The van der Waals surface area contributed by atoms with Crippen molar-refractivity contribution >= 4 is 17.1 Å². The molecule has 3 rings (SSSR count). The smallest absolute Gasteiger partial charge is 0.317 e. The van der Waals surface area contributed by atoms with Crippen LogP contribution in [-0.2, 0) is 13.6 Å². The van der Waals surface area contributed by atoms with Gasteiger partial charge in [0.1, 0.15) is 5.82 Å². The van der Waals surface area contributed by atoms with Crippen LogP contribution in [0.4, 0.5) is 4.79 Å². The zero-order valence-electron chi connectivity index (χ0n) is 16.6. The van der Waals surface area contributed by atoms with Gasteiger partial charge < -0.3 is 19.9 Å². The Labute approximate surface area is 161 Å². The van der Waals surface area contributed by atoms with Crippen molar-refractivity contribution in [3.8, 4) is 0 Å². The van der Waals surface area contributed by atoms with Gasteiger partial charge in [-0.05, 0) is 24.5 Å². The molecule has 7 nitrogen and oxygen atoms in total. The van der Waals surface area contributed by atoms with E-state index in [-0.39, 0.29) is 18.7 Å². The molecule has 2 aromatic rings. The highest BCUT2D eigenvalue weighted by Gasteiger charge is 2.29. The number of nitrogens with zero attached hydrogens (tertiary/aromatic N) is 4. The van der Waals surface area contributed by atoms with Gasteiger partial charge in [-0.2, -0.15) is 0 Å². The summed E-state index contributed by atoms with van der Waals surface area (Å²) in [5.74, 6) is 1.42. The number of aliphatic hydroxyl groups excluding tert-OH is 1. The van der Waals surface area contributed by atoms with Crippen molar-refractivity contribution in [1.29, 1.82) is 0 Å². The second-order valence-corrected chi connectivity index (χ2v) is 7.74. The van der Waals surface area contributed by atoms with Crippen molar-refractivity contribution in [2.45, 2.75) is 32.9 Å². The van der Waals surface area contributed by atoms with Crippen molar-refractivity contribution < 1.29 is 9.90 Å². The van der Waals surface area contributed by atoms with Crippen LogP contribution in [0.2, 0.25) is 0 Å². The molecular formula is C20H31N5O2. The number of amides is 2. The van der Waals surface area contributed by atoms with Crippen LogP contribution in [0.1, 0.15) is 26.1 Å². The zero-order chi connectivity index (χ0) is 19.4. The molecule has 0 radical (unpaired) electrons. The molecule has 2 amide bonds. The summed E-state index contributed by atoms with van der Waals surface area (Å²) >= 11 is 0. The van der Waals surface area contributed by atoms with Gasteiger partial charge in [-0.1, -0.05) is 26.0 Å². The van der Waals surface area contributed by atoms with E-state index in [4.69, 9.17) is 0 Å². The largest absolute Gasteiger partial charge is 0.396 e. The average Bonchev–Trinajstić information content (AvgIpc) is 2.97. The van der Waals surface area contributed by atoms with E-state index in [2.05, 4.69) is 29.0 Å². The average molecular weight is 374 g/mol. The number of carbonyl (C=O) groups excluding carboxylic acids is 1. The van der Waals surface area contributed by atoms with Crippen molar-refractivity contribution in [1.82, 2.24) is 24.7 Å². The Hall–Kier alpha value is -2.12. The monoisotopic (exact) mass is 373 g/mol. The van der Waals surface area contributed by atoms with Crippen LogP contribution in [0, 0.1) is 5.92 Å². The van der Waals surface area contributed by atoms with E-state index >= 15 is 0 Å². The summed E-state index contributed by atoms with van der Waals surface area (Å²) in [6.45, 7) is 8.17. The number of carbonyl (C=O) groups is 1. The second-order valence-electron chi connectivity index (χ2n) is 7.74. The van der Waals surface area contributed by atoms with Crippen LogP contribution < -0.4 is 5.32 Å². The van der Waals surface area contributed by atoms with Gasteiger partial charge in [-0.25, -0.2) is 9.78 Å². The van der Waals surface area contributed by atoms with Crippen molar-refractivity contribution in [2.75, 3.05) is 32.8 Å². The molecule has 1 aliphatic rings. The minimum atomic E-state index is -0.0609. The van der Waals surface area contributed by atoms with Crippen LogP contribution in [0.3, 0.4) is 0 Å². The fourth-order valence-electron chi connectivity index (χ4n) is 3.83. The molecule has 7 heteroatoms. The van der Waals surface area contributed by atoms with Crippen LogP contribution in [0.5, 0.6) is 0 Å². The van der Waals surface area contributed by atoms with Crippen LogP contribution in [-0.4, -0.2) is 69.3 Å². The van der Waals surface area contributed by atoms with Crippen molar-refractivity contribution in [2.24, 2.45) is 13.0 Å². The van der Waals surface area contributed by atoms with Gasteiger partial charge in [0.25, 0.3) is 0 Å². The Morgan fingerprint density at radius 1 is 1.33 bits per heavy atom. The predicted octanol–water partition coefficient (Wildman–Crippen LogP) is 1.81. The van der Waals surface area contributed by atoms with E-state index < -0.39 is 0 Å². The third kappa shape index (κ3) is 4.59.